The highest BCUT2D eigenvalue weighted by Crippen LogP contribution is 2.23. The molecule has 0 saturated heterocycles. The van der Waals surface area contributed by atoms with Crippen LogP contribution >= 0.6 is 0 Å². The molecule has 6 heteroatoms. The monoisotopic (exact) mass is 265 g/mol. The van der Waals surface area contributed by atoms with Gasteiger partial charge in [0.1, 0.15) is 0 Å². The predicted octanol–water partition coefficient (Wildman–Crippen LogP) is 0.949. The Kier molecular flexibility index (Phi) is 3.23. The van der Waals surface area contributed by atoms with Gasteiger partial charge < -0.3 is 5.73 Å². The number of hydrogen-bond donors (Lipinski definition) is 1. The minimum absolute atomic E-state index is 0.302. The van der Waals surface area contributed by atoms with E-state index in [-0.39, 0.29) is 0 Å². The first-order chi connectivity index (χ1) is 8.41. The summed E-state index contributed by atoms with van der Waals surface area (Å²) in [5.41, 5.74) is 8.24. The van der Waals surface area contributed by atoms with Crippen molar-refractivity contribution in [2.75, 3.05) is 6.26 Å². The zero-order valence-corrected chi connectivity index (χ0v) is 11.1. The van der Waals surface area contributed by atoms with Crippen molar-refractivity contribution in [2.45, 2.75) is 11.4 Å². The first-order valence-electron chi connectivity index (χ1n) is 5.45. The fourth-order valence-corrected chi connectivity index (χ4v) is 2.42. The molecule has 0 bridgehead atoms. The van der Waals surface area contributed by atoms with Gasteiger partial charge in [0.15, 0.2) is 9.84 Å². The summed E-state index contributed by atoms with van der Waals surface area (Å²) in [5.74, 6) is 0. The summed E-state index contributed by atoms with van der Waals surface area (Å²) in [6.07, 6.45) is 3.05. The molecule has 0 fully saturated rings. The van der Waals surface area contributed by atoms with Crippen LogP contribution in [0.15, 0.2) is 35.4 Å². The van der Waals surface area contributed by atoms with Crippen LogP contribution in [0.5, 0.6) is 0 Å². The molecular weight excluding hydrogens is 250 g/mol. The van der Waals surface area contributed by atoms with Crippen LogP contribution in [0.3, 0.4) is 0 Å². The van der Waals surface area contributed by atoms with Gasteiger partial charge in [0.2, 0.25) is 0 Å². The maximum absolute atomic E-state index is 11.4. The van der Waals surface area contributed by atoms with Crippen molar-refractivity contribution in [3.8, 4) is 11.3 Å². The molecule has 2 aromatic rings. The van der Waals surface area contributed by atoms with Crippen molar-refractivity contribution >= 4 is 9.84 Å². The fourth-order valence-electron chi connectivity index (χ4n) is 1.79. The Morgan fingerprint density at radius 3 is 2.39 bits per heavy atom. The van der Waals surface area contributed by atoms with Gasteiger partial charge in [-0.15, -0.1) is 0 Å². The Labute approximate surface area is 106 Å². The van der Waals surface area contributed by atoms with Gasteiger partial charge >= 0.3 is 0 Å². The minimum Gasteiger partial charge on any atom is -0.326 e. The summed E-state index contributed by atoms with van der Waals surface area (Å²) in [5, 5.41) is 4.33. The van der Waals surface area contributed by atoms with Gasteiger partial charge in [-0.25, -0.2) is 8.42 Å². The third-order valence-electron chi connectivity index (χ3n) is 2.68. The van der Waals surface area contributed by atoms with Crippen LogP contribution in [0.1, 0.15) is 5.56 Å². The smallest absolute Gasteiger partial charge is 0.175 e. The molecule has 18 heavy (non-hydrogen) atoms. The van der Waals surface area contributed by atoms with Crippen LogP contribution in [0.4, 0.5) is 0 Å². The van der Waals surface area contributed by atoms with Crippen molar-refractivity contribution in [3.05, 3.63) is 36.0 Å². The van der Waals surface area contributed by atoms with Gasteiger partial charge in [-0.2, -0.15) is 5.10 Å². The Morgan fingerprint density at radius 1 is 1.28 bits per heavy atom. The van der Waals surface area contributed by atoms with E-state index in [1.807, 2.05) is 13.2 Å². The third kappa shape index (κ3) is 2.44. The van der Waals surface area contributed by atoms with Crippen molar-refractivity contribution < 1.29 is 8.42 Å². The maximum atomic E-state index is 11.4. The van der Waals surface area contributed by atoms with E-state index in [1.165, 1.54) is 6.26 Å². The molecule has 0 atom stereocenters. The molecule has 1 aromatic heterocycles. The molecular formula is C12H15N3O2S. The van der Waals surface area contributed by atoms with E-state index in [9.17, 15) is 8.42 Å². The van der Waals surface area contributed by atoms with Gasteiger partial charge in [0.05, 0.1) is 10.6 Å². The van der Waals surface area contributed by atoms with E-state index in [4.69, 9.17) is 5.73 Å². The highest BCUT2D eigenvalue weighted by atomic mass is 32.2. The zero-order chi connectivity index (χ0) is 13.3. The number of benzene rings is 1. The normalized spacial score (nSPS) is 11.7. The summed E-state index contributed by atoms with van der Waals surface area (Å²) >= 11 is 0. The first kappa shape index (κ1) is 12.8. The minimum atomic E-state index is -3.16. The average molecular weight is 265 g/mol. The summed E-state index contributed by atoms with van der Waals surface area (Å²) in [7, 11) is -1.34. The third-order valence-corrected chi connectivity index (χ3v) is 3.81. The lowest BCUT2D eigenvalue weighted by molar-refractivity contribution is 0.602. The topological polar surface area (TPSA) is 78.0 Å². The summed E-state index contributed by atoms with van der Waals surface area (Å²) in [6, 6.07) is 6.66. The predicted molar refractivity (Wildman–Crippen MR) is 69.6 cm³/mol. The average Bonchev–Trinajstić information content (AvgIpc) is 2.69. The second-order valence-corrected chi connectivity index (χ2v) is 6.19. The highest BCUT2D eigenvalue weighted by molar-refractivity contribution is 7.90. The van der Waals surface area contributed by atoms with Crippen LogP contribution in [0.25, 0.3) is 11.3 Å². The number of sulfone groups is 1. The van der Waals surface area contributed by atoms with Crippen molar-refractivity contribution in [2.24, 2.45) is 12.8 Å². The maximum Gasteiger partial charge on any atom is 0.175 e. The molecule has 0 amide bonds. The number of aromatic nitrogens is 2. The molecule has 2 N–H and O–H groups in total. The second-order valence-electron chi connectivity index (χ2n) is 4.18. The Balaban J connectivity index is 2.46. The summed E-state index contributed by atoms with van der Waals surface area (Å²) in [6.45, 7) is 0.400. The lowest BCUT2D eigenvalue weighted by Crippen LogP contribution is -1.98. The fraction of sp³-hybridized carbons (Fsp3) is 0.250. The van der Waals surface area contributed by atoms with E-state index in [0.717, 1.165) is 16.8 Å². The van der Waals surface area contributed by atoms with E-state index in [1.54, 1.807) is 28.9 Å². The van der Waals surface area contributed by atoms with Gasteiger partial charge in [-0.1, -0.05) is 12.1 Å². The van der Waals surface area contributed by atoms with Gasteiger partial charge in [-0.3, -0.25) is 4.68 Å². The number of nitrogens with zero attached hydrogens (tertiary/aromatic N) is 2. The standard InChI is InChI=1S/C12H15N3O2S/c1-15-8-10(7-13)12(14-15)9-3-5-11(6-4-9)18(2,16)17/h3-6,8H,7,13H2,1-2H3. The molecule has 2 rings (SSSR count). The number of hydrogen-bond acceptors (Lipinski definition) is 4. The number of nitrogens with two attached hydrogens (primary N) is 1. The lowest BCUT2D eigenvalue weighted by atomic mass is 10.1. The number of rotatable bonds is 3. The van der Waals surface area contributed by atoms with Crippen LogP contribution in [-0.4, -0.2) is 24.5 Å². The van der Waals surface area contributed by atoms with E-state index < -0.39 is 9.84 Å². The summed E-state index contributed by atoms with van der Waals surface area (Å²) in [4.78, 5) is 0.302. The Bertz CT molecular complexity index is 657. The largest absolute Gasteiger partial charge is 0.326 e. The molecule has 0 radical (unpaired) electrons. The van der Waals surface area contributed by atoms with E-state index in [2.05, 4.69) is 5.10 Å². The Morgan fingerprint density at radius 2 is 1.89 bits per heavy atom. The summed E-state index contributed by atoms with van der Waals surface area (Å²) < 4.78 is 24.4. The van der Waals surface area contributed by atoms with E-state index >= 15 is 0 Å². The molecule has 0 aliphatic rings. The van der Waals surface area contributed by atoms with E-state index in [0.29, 0.717) is 11.4 Å². The molecule has 96 valence electrons. The van der Waals surface area contributed by atoms with Gasteiger partial charge in [0, 0.05) is 37.2 Å². The van der Waals surface area contributed by atoms with Crippen LogP contribution < -0.4 is 5.73 Å². The van der Waals surface area contributed by atoms with Crippen LogP contribution in [0.2, 0.25) is 0 Å². The van der Waals surface area contributed by atoms with Gasteiger partial charge in [0.25, 0.3) is 0 Å². The first-order valence-corrected chi connectivity index (χ1v) is 7.34. The van der Waals surface area contributed by atoms with Crippen LogP contribution in [0, 0.1) is 0 Å². The molecule has 1 heterocycles. The molecule has 0 unspecified atom stereocenters. The zero-order valence-electron chi connectivity index (χ0n) is 10.3. The molecule has 0 aliphatic carbocycles. The number of aryl methyl sites for hydroxylation is 1. The molecule has 0 aliphatic heterocycles. The van der Waals surface area contributed by atoms with Crippen molar-refractivity contribution in [1.82, 2.24) is 9.78 Å². The molecule has 1 aromatic carbocycles. The molecule has 0 spiro atoms. The SMILES string of the molecule is Cn1cc(CN)c(-c2ccc(S(C)(=O)=O)cc2)n1. The quantitative estimate of drug-likeness (QED) is 0.896. The molecule has 0 saturated carbocycles. The van der Waals surface area contributed by atoms with Crippen molar-refractivity contribution in [3.63, 3.8) is 0 Å². The lowest BCUT2D eigenvalue weighted by Gasteiger charge is -2.02. The molecule has 5 nitrogen and oxygen atoms in total. The highest BCUT2D eigenvalue weighted by Gasteiger charge is 2.11. The van der Waals surface area contributed by atoms with Crippen molar-refractivity contribution in [1.29, 1.82) is 0 Å². The van der Waals surface area contributed by atoms with Gasteiger partial charge in [-0.05, 0) is 12.1 Å². The Hall–Kier alpha value is -1.66. The van der Waals surface area contributed by atoms with Crippen LogP contribution in [-0.2, 0) is 23.4 Å². The second kappa shape index (κ2) is 4.55.